The Bertz CT molecular complexity index is 2700. The van der Waals surface area contributed by atoms with E-state index in [2.05, 4.69) is 83.1 Å². The fraction of sp³-hybridized carbons (Fsp3) is 0.824. The van der Waals surface area contributed by atoms with E-state index in [1.54, 1.807) is 0 Å². The van der Waals surface area contributed by atoms with Crippen molar-refractivity contribution in [2.24, 2.45) is 100 Å². The van der Waals surface area contributed by atoms with Crippen LogP contribution >= 0.6 is 0 Å². The number of carboxylic acid groups (broad SMARTS) is 2. The van der Waals surface area contributed by atoms with Crippen molar-refractivity contribution in [2.45, 2.75) is 250 Å². The first-order valence-corrected chi connectivity index (χ1v) is 31.6. The van der Waals surface area contributed by atoms with Gasteiger partial charge in [-0.3, -0.25) is 28.8 Å². The van der Waals surface area contributed by atoms with E-state index in [4.69, 9.17) is 18.9 Å². The van der Waals surface area contributed by atoms with Crippen LogP contribution in [0, 0.1) is 100 Å². The number of ether oxygens (including phenoxy) is 4. The van der Waals surface area contributed by atoms with Gasteiger partial charge in [0.05, 0.1) is 25.7 Å². The van der Waals surface area contributed by atoms with Crippen LogP contribution in [0.4, 0.5) is 0 Å². The van der Waals surface area contributed by atoms with Crippen molar-refractivity contribution in [1.29, 1.82) is 0 Å². The molecular formula is C68H94Na2O14. The number of ketones is 2. The smallest absolute Gasteiger partial charge is 0.550 e. The Morgan fingerprint density at radius 1 is 0.417 bits per heavy atom. The van der Waals surface area contributed by atoms with E-state index in [9.17, 15) is 48.6 Å². The quantitative estimate of drug-likeness (QED) is 0.273. The van der Waals surface area contributed by atoms with Crippen molar-refractivity contribution >= 4 is 47.4 Å². The first-order chi connectivity index (χ1) is 37.8. The normalized spacial score (nSPS) is 47.2. The third kappa shape index (κ3) is 8.87. The maximum absolute atomic E-state index is 14.5. The molecule has 2 saturated heterocycles. The maximum Gasteiger partial charge on any atom is 1.00 e. The van der Waals surface area contributed by atoms with Gasteiger partial charge in [-0.25, -0.2) is 0 Å². The summed E-state index contributed by atoms with van der Waals surface area (Å²) < 4.78 is 24.0. The standard InChI is InChI=1S/2C34H48O7.2Na/c2*1-28(2)23-10-11-33(7)26(31(23,5)15-17-34(28)40-24(36)8-9-25(37)41-34)22(35)18-20-21-19-30(4,27(38)39)13-12-29(21,3)14-16-32(20,33)6;;/h2*18,21,23,26H,8-17,19H2,1-7H3,(H,38,39);;/q;;2*+1/p-2/t2*21-,23?,26?,29-,30+,31+,32-,33-;;/m11../s1. The van der Waals surface area contributed by atoms with Gasteiger partial charge in [-0.15, -0.1) is 0 Å². The molecule has 2 heterocycles. The molecule has 0 aromatic carbocycles. The van der Waals surface area contributed by atoms with Crippen LogP contribution in [0.1, 0.15) is 238 Å². The summed E-state index contributed by atoms with van der Waals surface area (Å²) in [6.07, 6.45) is 17.3. The van der Waals surface area contributed by atoms with E-state index in [0.717, 1.165) is 64.2 Å². The number of fused-ring (bicyclic) bond motifs is 14. The molecule has 12 rings (SSSR count). The zero-order valence-electron chi connectivity index (χ0n) is 53.9. The van der Waals surface area contributed by atoms with Crippen LogP contribution < -0.4 is 69.3 Å². The number of esters is 4. The van der Waals surface area contributed by atoms with Crippen molar-refractivity contribution in [1.82, 2.24) is 0 Å². The average molecular weight is 1180 g/mol. The van der Waals surface area contributed by atoms with Crippen molar-refractivity contribution in [2.75, 3.05) is 0 Å². The molecule has 84 heavy (non-hydrogen) atoms. The number of allylic oxidation sites excluding steroid dienone is 4. The van der Waals surface area contributed by atoms with Gasteiger partial charge in [0.25, 0.3) is 11.6 Å². The van der Waals surface area contributed by atoms with Gasteiger partial charge in [-0.05, 0) is 182 Å². The van der Waals surface area contributed by atoms with E-state index in [0.29, 0.717) is 51.4 Å². The summed E-state index contributed by atoms with van der Waals surface area (Å²) in [4.78, 5) is 104. The zero-order valence-corrected chi connectivity index (χ0v) is 57.9. The molecule has 2 aliphatic heterocycles. The SMILES string of the molecule is CC1(C)C2CC[C@]3(C)C(C(=O)C=C4[C@H]5C[C@@](C)(C(=O)[O-])CC[C@]5(C)CC[C@]43C)[C@@]2(C)CCC12OC(=O)CCC(=O)O2.CC1(C)C2CC[C@]3(C)C(C(=O)C=C4[C@H]5C[C@@](C)(C(=O)[O-])CC[C@]5(C)CC[C@]43C)[C@@]2(C)CCC12OC(=O)CCC(=O)O2.[Na+].[Na+]. The summed E-state index contributed by atoms with van der Waals surface area (Å²) in [6.45, 7) is 30.2. The Morgan fingerprint density at radius 3 is 1.01 bits per heavy atom. The maximum atomic E-state index is 14.5. The summed E-state index contributed by atoms with van der Waals surface area (Å²) in [5, 5.41) is 24.5. The van der Waals surface area contributed by atoms with Crippen molar-refractivity contribution in [3.05, 3.63) is 23.3 Å². The third-order valence-electron chi connectivity index (χ3n) is 28.5. The summed E-state index contributed by atoms with van der Waals surface area (Å²) in [5.41, 5.74) is -2.61. The second kappa shape index (κ2) is 20.6. The molecule has 4 unspecified atom stereocenters. The second-order valence-electron chi connectivity index (χ2n) is 32.9. The average Bonchev–Trinajstić information content (AvgIpc) is 0.702. The van der Waals surface area contributed by atoms with Crippen LogP contribution in [-0.4, -0.2) is 59.0 Å². The Labute approximate surface area is 543 Å². The Hall–Kier alpha value is -2.36. The Balaban J connectivity index is 0.000000197. The first kappa shape index (κ1) is 66.1. The van der Waals surface area contributed by atoms with Gasteiger partial charge in [0.2, 0.25) is 0 Å². The molecule has 16 heteroatoms. The summed E-state index contributed by atoms with van der Waals surface area (Å²) in [6, 6.07) is 0. The monoisotopic (exact) mass is 1180 g/mol. The number of hydrogen-bond donors (Lipinski definition) is 0. The van der Waals surface area contributed by atoms with Crippen LogP contribution in [0.5, 0.6) is 0 Å². The van der Waals surface area contributed by atoms with Crippen LogP contribution in [0.3, 0.4) is 0 Å². The summed E-state index contributed by atoms with van der Waals surface area (Å²) in [7, 11) is 0. The molecule has 2 spiro atoms. The number of rotatable bonds is 2. The van der Waals surface area contributed by atoms with Crippen molar-refractivity contribution in [3.8, 4) is 0 Å². The largest absolute Gasteiger partial charge is 1.00 e. The van der Waals surface area contributed by atoms with E-state index in [1.165, 1.54) is 11.1 Å². The number of carbonyl (C=O) groups is 8. The van der Waals surface area contributed by atoms with Gasteiger partial charge >= 0.3 is 83.0 Å². The number of aliphatic carboxylic acids is 2. The molecule has 10 aliphatic carbocycles. The Kier molecular flexibility index (Phi) is 16.2. The molecular weight excluding hydrogens is 1090 g/mol. The number of hydrogen-bond acceptors (Lipinski definition) is 14. The van der Waals surface area contributed by atoms with Crippen molar-refractivity contribution < 1.29 is 127 Å². The van der Waals surface area contributed by atoms with Crippen LogP contribution in [-0.2, 0) is 57.3 Å². The first-order valence-electron chi connectivity index (χ1n) is 31.6. The van der Waals surface area contributed by atoms with Crippen LogP contribution in [0.25, 0.3) is 0 Å². The molecule has 452 valence electrons. The van der Waals surface area contributed by atoms with Gasteiger partial charge in [0.15, 0.2) is 11.6 Å². The third-order valence-corrected chi connectivity index (χ3v) is 28.5. The van der Waals surface area contributed by atoms with Gasteiger partial charge in [0, 0.05) is 58.3 Å². The molecule has 0 N–H and O–H groups in total. The molecule has 8 saturated carbocycles. The Morgan fingerprint density at radius 2 is 0.714 bits per heavy atom. The zero-order chi connectivity index (χ0) is 60.0. The molecule has 0 aromatic heterocycles. The van der Waals surface area contributed by atoms with Crippen molar-refractivity contribution in [3.63, 3.8) is 0 Å². The van der Waals surface area contributed by atoms with Gasteiger partial charge in [-0.2, -0.15) is 0 Å². The molecule has 12 aliphatic rings. The molecule has 0 amide bonds. The summed E-state index contributed by atoms with van der Waals surface area (Å²) >= 11 is 0. The molecule has 16 atom stereocenters. The number of carbonyl (C=O) groups excluding carboxylic acids is 8. The van der Waals surface area contributed by atoms with E-state index >= 15 is 0 Å². The van der Waals surface area contributed by atoms with E-state index in [-0.39, 0.29) is 175 Å². The van der Waals surface area contributed by atoms with Gasteiger partial charge in [-0.1, -0.05) is 108 Å². The predicted molar refractivity (Wildman–Crippen MR) is 297 cm³/mol. The second-order valence-corrected chi connectivity index (χ2v) is 32.9. The fourth-order valence-corrected chi connectivity index (χ4v) is 22.7. The van der Waals surface area contributed by atoms with Crippen LogP contribution in [0.2, 0.25) is 0 Å². The minimum absolute atomic E-state index is 0. The predicted octanol–water partition coefficient (Wildman–Crippen LogP) is 4.60. The molecule has 0 bridgehead atoms. The molecule has 14 nitrogen and oxygen atoms in total. The summed E-state index contributed by atoms with van der Waals surface area (Å²) in [5.74, 6) is -6.24. The topological polar surface area (TPSA) is 220 Å². The minimum atomic E-state index is -1.32. The van der Waals surface area contributed by atoms with Gasteiger partial charge < -0.3 is 38.7 Å². The molecule has 0 radical (unpaired) electrons. The van der Waals surface area contributed by atoms with E-state index < -0.39 is 69.1 Å². The number of carboxylic acids is 2. The fourth-order valence-electron chi connectivity index (χ4n) is 22.7. The molecule has 0 aromatic rings. The van der Waals surface area contributed by atoms with Crippen LogP contribution in [0.15, 0.2) is 23.3 Å². The van der Waals surface area contributed by atoms with E-state index in [1.807, 2.05) is 26.0 Å². The van der Waals surface area contributed by atoms with Gasteiger partial charge in [0.1, 0.15) is 0 Å². The molecule has 10 fully saturated rings. The minimum Gasteiger partial charge on any atom is -0.550 e.